The normalized spacial score (nSPS) is 22.2. The zero-order chi connectivity index (χ0) is 14.9. The van der Waals surface area contributed by atoms with E-state index in [1.807, 2.05) is 6.07 Å². The second kappa shape index (κ2) is 5.94. The first-order valence-electron chi connectivity index (χ1n) is 7.67. The van der Waals surface area contributed by atoms with Crippen LogP contribution in [0.3, 0.4) is 0 Å². The third-order valence-corrected chi connectivity index (χ3v) is 5.90. The minimum absolute atomic E-state index is 0.385. The highest BCUT2D eigenvalue weighted by Crippen LogP contribution is 2.25. The van der Waals surface area contributed by atoms with Gasteiger partial charge >= 0.3 is 0 Å². The number of hydrogen-bond donors (Lipinski definition) is 2. The SMILES string of the molecule is CCN1CCC(CNS(=O)(=O)c2ccc3c(c2)CCN3)C1. The van der Waals surface area contributed by atoms with Gasteiger partial charge in [-0.3, -0.25) is 0 Å². The summed E-state index contributed by atoms with van der Waals surface area (Å²) in [5, 5.41) is 3.25. The van der Waals surface area contributed by atoms with Crippen molar-refractivity contribution in [1.82, 2.24) is 9.62 Å². The minimum atomic E-state index is -3.39. The van der Waals surface area contributed by atoms with Crippen molar-refractivity contribution in [3.05, 3.63) is 23.8 Å². The molecule has 116 valence electrons. The fraction of sp³-hybridized carbons (Fsp3) is 0.600. The number of anilines is 1. The van der Waals surface area contributed by atoms with Crippen LogP contribution in [0.2, 0.25) is 0 Å². The molecule has 0 saturated carbocycles. The lowest BCUT2D eigenvalue weighted by Crippen LogP contribution is -2.31. The molecule has 3 rings (SSSR count). The van der Waals surface area contributed by atoms with Crippen molar-refractivity contribution in [2.24, 2.45) is 5.92 Å². The van der Waals surface area contributed by atoms with Crippen LogP contribution in [0.15, 0.2) is 23.1 Å². The van der Waals surface area contributed by atoms with Gasteiger partial charge in [-0.05, 0) is 55.6 Å². The molecule has 1 fully saturated rings. The molecular weight excluding hydrogens is 286 g/mol. The molecule has 0 amide bonds. The van der Waals surface area contributed by atoms with E-state index in [0.717, 1.165) is 50.3 Å². The Morgan fingerprint density at radius 2 is 2.29 bits per heavy atom. The van der Waals surface area contributed by atoms with Crippen molar-refractivity contribution in [1.29, 1.82) is 0 Å². The van der Waals surface area contributed by atoms with E-state index in [9.17, 15) is 8.42 Å². The first kappa shape index (κ1) is 14.8. The predicted molar refractivity (Wildman–Crippen MR) is 84.0 cm³/mol. The van der Waals surface area contributed by atoms with Gasteiger partial charge in [0.15, 0.2) is 0 Å². The molecule has 2 aliphatic rings. The number of nitrogens with zero attached hydrogens (tertiary/aromatic N) is 1. The quantitative estimate of drug-likeness (QED) is 0.860. The fourth-order valence-corrected chi connectivity index (χ4v) is 4.29. The van der Waals surface area contributed by atoms with E-state index in [1.54, 1.807) is 12.1 Å². The molecule has 0 aliphatic carbocycles. The molecule has 1 atom stereocenters. The molecule has 0 radical (unpaired) electrons. The van der Waals surface area contributed by atoms with Crippen LogP contribution in [0.5, 0.6) is 0 Å². The summed E-state index contributed by atoms with van der Waals surface area (Å²) in [4.78, 5) is 2.75. The van der Waals surface area contributed by atoms with E-state index in [4.69, 9.17) is 0 Å². The Hall–Kier alpha value is -1.11. The van der Waals surface area contributed by atoms with Crippen LogP contribution in [-0.4, -0.2) is 46.0 Å². The molecule has 2 N–H and O–H groups in total. The van der Waals surface area contributed by atoms with Crippen LogP contribution >= 0.6 is 0 Å². The largest absolute Gasteiger partial charge is 0.384 e. The van der Waals surface area contributed by atoms with E-state index >= 15 is 0 Å². The molecule has 6 heteroatoms. The van der Waals surface area contributed by atoms with Crippen molar-refractivity contribution in [2.45, 2.75) is 24.7 Å². The van der Waals surface area contributed by atoms with E-state index in [2.05, 4.69) is 21.9 Å². The molecule has 0 bridgehead atoms. The van der Waals surface area contributed by atoms with Gasteiger partial charge in [0, 0.05) is 25.3 Å². The van der Waals surface area contributed by atoms with Crippen LogP contribution < -0.4 is 10.0 Å². The summed E-state index contributed by atoms with van der Waals surface area (Å²) in [5.74, 6) is 0.427. The maximum atomic E-state index is 12.4. The van der Waals surface area contributed by atoms with Crippen LogP contribution in [0.1, 0.15) is 18.9 Å². The summed E-state index contributed by atoms with van der Waals surface area (Å²) in [5.41, 5.74) is 2.15. The molecule has 1 aromatic rings. The van der Waals surface area contributed by atoms with Crippen LogP contribution in [0.4, 0.5) is 5.69 Å². The Balaban J connectivity index is 1.64. The lowest BCUT2D eigenvalue weighted by atomic mass is 10.1. The third kappa shape index (κ3) is 3.22. The fourth-order valence-electron chi connectivity index (χ4n) is 3.13. The Bertz CT molecular complexity index is 615. The summed E-state index contributed by atoms with van der Waals surface area (Å²) < 4.78 is 27.6. The van der Waals surface area contributed by atoms with E-state index in [0.29, 0.717) is 17.4 Å². The number of hydrogen-bond acceptors (Lipinski definition) is 4. The maximum absolute atomic E-state index is 12.4. The Kier molecular flexibility index (Phi) is 4.19. The van der Waals surface area contributed by atoms with Crippen molar-refractivity contribution in [2.75, 3.05) is 38.0 Å². The Morgan fingerprint density at radius 3 is 3.05 bits per heavy atom. The predicted octanol–water partition coefficient (Wildman–Crippen LogP) is 1.27. The van der Waals surface area contributed by atoms with Gasteiger partial charge in [0.1, 0.15) is 0 Å². The Labute approximate surface area is 126 Å². The number of benzene rings is 1. The first-order valence-corrected chi connectivity index (χ1v) is 9.15. The van der Waals surface area contributed by atoms with Gasteiger partial charge in [-0.2, -0.15) is 0 Å². The molecular formula is C15H23N3O2S. The van der Waals surface area contributed by atoms with Crippen LogP contribution in [0.25, 0.3) is 0 Å². The van der Waals surface area contributed by atoms with E-state index in [1.165, 1.54) is 0 Å². The number of sulfonamides is 1. The van der Waals surface area contributed by atoms with Gasteiger partial charge < -0.3 is 10.2 Å². The van der Waals surface area contributed by atoms with Crippen LogP contribution in [-0.2, 0) is 16.4 Å². The third-order valence-electron chi connectivity index (χ3n) is 4.48. The summed E-state index contributed by atoms with van der Waals surface area (Å²) in [7, 11) is -3.39. The average molecular weight is 309 g/mol. The van der Waals surface area contributed by atoms with Gasteiger partial charge in [-0.1, -0.05) is 6.92 Å². The smallest absolute Gasteiger partial charge is 0.240 e. The molecule has 5 nitrogen and oxygen atoms in total. The number of fused-ring (bicyclic) bond motifs is 1. The minimum Gasteiger partial charge on any atom is -0.384 e. The second-order valence-corrected chi connectivity index (χ2v) is 7.66. The summed E-state index contributed by atoms with van der Waals surface area (Å²) in [6.07, 6.45) is 1.97. The topological polar surface area (TPSA) is 61.4 Å². The number of rotatable bonds is 5. The van der Waals surface area contributed by atoms with Crippen molar-refractivity contribution < 1.29 is 8.42 Å². The van der Waals surface area contributed by atoms with Gasteiger partial charge in [0.05, 0.1) is 4.90 Å². The van der Waals surface area contributed by atoms with Gasteiger partial charge in [0.25, 0.3) is 0 Å². The zero-order valence-corrected chi connectivity index (χ0v) is 13.2. The maximum Gasteiger partial charge on any atom is 0.240 e. The lowest BCUT2D eigenvalue weighted by Gasteiger charge is -2.14. The monoisotopic (exact) mass is 309 g/mol. The first-order chi connectivity index (χ1) is 10.1. The Morgan fingerprint density at radius 1 is 1.43 bits per heavy atom. The summed E-state index contributed by atoms with van der Waals surface area (Å²) in [6, 6.07) is 5.35. The van der Waals surface area contributed by atoms with E-state index in [-0.39, 0.29) is 0 Å². The standard InChI is InChI=1S/C15H23N3O2S/c1-2-18-8-6-12(11-18)10-17-21(19,20)14-3-4-15-13(9-14)5-7-16-15/h3-4,9,12,16-17H,2,5-8,10-11H2,1H3. The summed E-state index contributed by atoms with van der Waals surface area (Å²) >= 11 is 0. The highest BCUT2D eigenvalue weighted by molar-refractivity contribution is 7.89. The average Bonchev–Trinajstić information content (AvgIpc) is 3.13. The molecule has 2 heterocycles. The molecule has 1 unspecified atom stereocenters. The number of likely N-dealkylation sites (tertiary alicyclic amines) is 1. The highest BCUT2D eigenvalue weighted by Gasteiger charge is 2.24. The van der Waals surface area contributed by atoms with Gasteiger partial charge in [-0.15, -0.1) is 0 Å². The molecule has 1 saturated heterocycles. The van der Waals surface area contributed by atoms with Crippen molar-refractivity contribution in [3.63, 3.8) is 0 Å². The molecule has 21 heavy (non-hydrogen) atoms. The summed E-state index contributed by atoms with van der Waals surface area (Å²) in [6.45, 7) is 6.68. The van der Waals surface area contributed by atoms with Gasteiger partial charge in [0.2, 0.25) is 10.0 Å². The van der Waals surface area contributed by atoms with E-state index < -0.39 is 10.0 Å². The molecule has 2 aliphatic heterocycles. The number of nitrogens with one attached hydrogen (secondary N) is 2. The van der Waals surface area contributed by atoms with Crippen molar-refractivity contribution in [3.8, 4) is 0 Å². The highest BCUT2D eigenvalue weighted by atomic mass is 32.2. The molecule has 0 spiro atoms. The lowest BCUT2D eigenvalue weighted by molar-refractivity contribution is 0.342. The molecule has 0 aromatic heterocycles. The van der Waals surface area contributed by atoms with Gasteiger partial charge in [-0.25, -0.2) is 13.1 Å². The molecule has 1 aromatic carbocycles. The zero-order valence-electron chi connectivity index (χ0n) is 12.4. The van der Waals surface area contributed by atoms with Crippen molar-refractivity contribution >= 4 is 15.7 Å². The van der Waals surface area contributed by atoms with Crippen LogP contribution in [0, 0.1) is 5.92 Å². The second-order valence-electron chi connectivity index (χ2n) is 5.90.